The zero-order valence-corrected chi connectivity index (χ0v) is 24.8. The minimum atomic E-state index is -0.491. The van der Waals surface area contributed by atoms with Crippen LogP contribution in [-0.2, 0) is 0 Å². The van der Waals surface area contributed by atoms with E-state index < -0.39 is 5.91 Å². The number of anilines is 2. The Hall–Kier alpha value is -5.36. The van der Waals surface area contributed by atoms with Crippen LogP contribution in [0.5, 0.6) is 5.75 Å². The highest BCUT2D eigenvalue weighted by atomic mass is 16.5. The number of fused-ring (bicyclic) bond motifs is 1. The number of para-hydroxylation sites is 2. The minimum Gasteiger partial charge on any atom is -0.492 e. The van der Waals surface area contributed by atoms with Crippen molar-refractivity contribution >= 4 is 23.2 Å². The van der Waals surface area contributed by atoms with E-state index in [0.29, 0.717) is 30.8 Å². The molecule has 0 unspecified atom stereocenters. The average molecular weight is 582 g/mol. The summed E-state index contributed by atoms with van der Waals surface area (Å²) in [7, 11) is 0. The Balaban J connectivity index is 1.23. The fraction of sp³-hybridized carbons (Fsp3) is 0.158. The topological polar surface area (TPSA) is 75.9 Å². The maximum Gasteiger partial charge on any atom is 0.258 e. The van der Waals surface area contributed by atoms with Gasteiger partial charge in [-0.05, 0) is 77.6 Å². The molecule has 220 valence electrons. The summed E-state index contributed by atoms with van der Waals surface area (Å²) in [6.07, 6.45) is 0.831. The first-order valence-electron chi connectivity index (χ1n) is 14.9. The number of primary amides is 1. The smallest absolute Gasteiger partial charge is 0.258 e. The van der Waals surface area contributed by atoms with Crippen LogP contribution in [-0.4, -0.2) is 38.1 Å². The summed E-state index contributed by atoms with van der Waals surface area (Å²) >= 11 is 0. The predicted octanol–water partition coefficient (Wildman–Crippen LogP) is 7.36. The molecule has 2 amide bonds. The third kappa shape index (κ3) is 6.06. The van der Waals surface area contributed by atoms with E-state index in [0.717, 1.165) is 52.3 Å². The highest BCUT2D eigenvalue weighted by molar-refractivity contribution is 6.09. The van der Waals surface area contributed by atoms with Crippen molar-refractivity contribution in [2.75, 3.05) is 36.0 Å². The van der Waals surface area contributed by atoms with Gasteiger partial charge in [-0.15, -0.1) is 0 Å². The van der Waals surface area contributed by atoms with Crippen LogP contribution in [0.15, 0.2) is 121 Å². The second-order valence-electron chi connectivity index (χ2n) is 11.0. The predicted molar refractivity (Wildman–Crippen MR) is 177 cm³/mol. The number of rotatable bonds is 8. The number of amides is 2. The van der Waals surface area contributed by atoms with Gasteiger partial charge < -0.3 is 20.3 Å². The van der Waals surface area contributed by atoms with Crippen LogP contribution in [0.4, 0.5) is 11.4 Å². The van der Waals surface area contributed by atoms with Crippen molar-refractivity contribution in [3.8, 4) is 28.0 Å². The van der Waals surface area contributed by atoms with Crippen molar-refractivity contribution < 1.29 is 14.3 Å². The van der Waals surface area contributed by atoms with Gasteiger partial charge in [0.25, 0.3) is 5.91 Å². The van der Waals surface area contributed by atoms with Gasteiger partial charge >= 0.3 is 0 Å². The molecular weight excluding hydrogens is 546 g/mol. The molecule has 6 heteroatoms. The molecule has 0 fully saturated rings. The number of benzene rings is 5. The summed E-state index contributed by atoms with van der Waals surface area (Å²) in [5.41, 5.74) is 13.3. The highest BCUT2D eigenvalue weighted by Crippen LogP contribution is 2.35. The standard InChI is InChI=1S/C38H35N3O3/c1-27-10-7-13-31(26-27)44-25-24-40-22-9-23-41(35-17-6-5-16-34(35)40)38(43)30-20-18-29(19-21-30)33-15-8-14-32(36(33)37(39)42)28-11-3-2-4-12-28/h2-8,10-21,26H,9,22-25H2,1H3,(H2,39,42). The van der Waals surface area contributed by atoms with E-state index in [1.54, 1.807) is 0 Å². The Morgan fingerprint density at radius 2 is 1.39 bits per heavy atom. The number of aryl methyl sites for hydroxylation is 1. The molecule has 0 aliphatic carbocycles. The van der Waals surface area contributed by atoms with Gasteiger partial charge in [0.2, 0.25) is 5.91 Å². The number of carbonyl (C=O) groups excluding carboxylic acids is 2. The monoisotopic (exact) mass is 581 g/mol. The number of nitrogens with zero attached hydrogens (tertiary/aromatic N) is 2. The lowest BCUT2D eigenvalue weighted by Gasteiger charge is -2.27. The molecule has 0 bridgehead atoms. The molecular formula is C38H35N3O3. The molecule has 1 aliphatic heterocycles. The summed E-state index contributed by atoms with van der Waals surface area (Å²) in [6.45, 7) is 4.75. The molecule has 5 aromatic carbocycles. The van der Waals surface area contributed by atoms with Gasteiger partial charge in [0.1, 0.15) is 12.4 Å². The van der Waals surface area contributed by atoms with Crippen LogP contribution in [0.2, 0.25) is 0 Å². The number of hydrogen-bond donors (Lipinski definition) is 1. The average Bonchev–Trinajstić information content (AvgIpc) is 3.24. The lowest BCUT2D eigenvalue weighted by molar-refractivity contribution is 0.0983. The second kappa shape index (κ2) is 12.9. The largest absolute Gasteiger partial charge is 0.492 e. The molecule has 0 atom stereocenters. The fourth-order valence-corrected chi connectivity index (χ4v) is 5.91. The molecule has 0 aromatic heterocycles. The van der Waals surface area contributed by atoms with Crippen molar-refractivity contribution in [2.45, 2.75) is 13.3 Å². The van der Waals surface area contributed by atoms with Crippen LogP contribution in [0.25, 0.3) is 22.3 Å². The first-order chi connectivity index (χ1) is 21.5. The molecule has 1 aliphatic rings. The zero-order chi connectivity index (χ0) is 30.5. The van der Waals surface area contributed by atoms with E-state index in [1.807, 2.05) is 114 Å². The first-order valence-corrected chi connectivity index (χ1v) is 14.9. The van der Waals surface area contributed by atoms with Crippen molar-refractivity contribution in [1.82, 2.24) is 0 Å². The summed E-state index contributed by atoms with van der Waals surface area (Å²) in [5, 5.41) is 0. The molecule has 0 saturated carbocycles. The Labute approximate surface area is 258 Å². The summed E-state index contributed by atoms with van der Waals surface area (Å²) in [6, 6.07) is 39.0. The van der Waals surface area contributed by atoms with Crippen LogP contribution >= 0.6 is 0 Å². The van der Waals surface area contributed by atoms with Gasteiger partial charge in [-0.2, -0.15) is 0 Å². The van der Waals surface area contributed by atoms with Gasteiger partial charge in [-0.1, -0.05) is 84.9 Å². The molecule has 6 rings (SSSR count). The van der Waals surface area contributed by atoms with E-state index in [9.17, 15) is 9.59 Å². The normalized spacial score (nSPS) is 12.8. The zero-order valence-electron chi connectivity index (χ0n) is 24.8. The quantitative estimate of drug-likeness (QED) is 0.208. The van der Waals surface area contributed by atoms with Crippen LogP contribution in [0.3, 0.4) is 0 Å². The third-order valence-corrected chi connectivity index (χ3v) is 8.03. The maximum atomic E-state index is 13.9. The number of hydrogen-bond acceptors (Lipinski definition) is 4. The second-order valence-corrected chi connectivity index (χ2v) is 11.0. The van der Waals surface area contributed by atoms with Gasteiger partial charge in [0.15, 0.2) is 0 Å². The molecule has 5 aromatic rings. The summed E-state index contributed by atoms with van der Waals surface area (Å²) in [5.74, 6) is 0.313. The van der Waals surface area contributed by atoms with Crippen LogP contribution in [0.1, 0.15) is 32.7 Å². The van der Waals surface area contributed by atoms with Gasteiger partial charge in [0.05, 0.1) is 23.5 Å². The molecule has 1 heterocycles. The number of ether oxygens (including phenoxy) is 1. The van der Waals surface area contributed by atoms with Crippen LogP contribution < -0.4 is 20.3 Å². The SMILES string of the molecule is Cc1cccc(OCCN2CCCN(C(=O)c3ccc(-c4cccc(-c5ccccc5)c4C(N)=O)cc3)c3ccccc32)c1. The third-order valence-electron chi connectivity index (χ3n) is 8.03. The van der Waals surface area contributed by atoms with E-state index in [4.69, 9.17) is 10.5 Å². The van der Waals surface area contributed by atoms with Gasteiger partial charge in [-0.3, -0.25) is 9.59 Å². The molecule has 0 radical (unpaired) electrons. The molecule has 2 N–H and O–H groups in total. The maximum absolute atomic E-state index is 13.9. The Bertz CT molecular complexity index is 1780. The Morgan fingerprint density at radius 3 is 2.09 bits per heavy atom. The molecule has 44 heavy (non-hydrogen) atoms. The number of carbonyl (C=O) groups is 2. The van der Waals surface area contributed by atoms with E-state index in [-0.39, 0.29) is 5.91 Å². The molecule has 6 nitrogen and oxygen atoms in total. The minimum absolute atomic E-state index is 0.0602. The highest BCUT2D eigenvalue weighted by Gasteiger charge is 2.26. The lowest BCUT2D eigenvalue weighted by atomic mass is 9.91. The lowest BCUT2D eigenvalue weighted by Crippen LogP contribution is -2.31. The Morgan fingerprint density at radius 1 is 0.727 bits per heavy atom. The van der Waals surface area contributed by atoms with Crippen molar-refractivity contribution in [2.24, 2.45) is 5.73 Å². The molecule has 0 saturated heterocycles. The van der Waals surface area contributed by atoms with E-state index in [1.165, 1.54) is 5.56 Å². The van der Waals surface area contributed by atoms with Gasteiger partial charge in [-0.25, -0.2) is 0 Å². The fourth-order valence-electron chi connectivity index (χ4n) is 5.91. The summed E-state index contributed by atoms with van der Waals surface area (Å²) < 4.78 is 6.04. The first kappa shape index (κ1) is 28.7. The van der Waals surface area contributed by atoms with Crippen molar-refractivity contribution in [3.63, 3.8) is 0 Å². The van der Waals surface area contributed by atoms with Gasteiger partial charge in [0, 0.05) is 18.7 Å². The van der Waals surface area contributed by atoms with Crippen molar-refractivity contribution in [1.29, 1.82) is 0 Å². The van der Waals surface area contributed by atoms with Crippen molar-refractivity contribution in [3.05, 3.63) is 138 Å². The van der Waals surface area contributed by atoms with E-state index >= 15 is 0 Å². The Kier molecular flexibility index (Phi) is 8.41. The van der Waals surface area contributed by atoms with E-state index in [2.05, 4.69) is 24.0 Å². The number of nitrogens with two attached hydrogens (primary N) is 1. The summed E-state index contributed by atoms with van der Waals surface area (Å²) in [4.78, 5) is 30.7. The molecule has 0 spiro atoms. The van der Waals surface area contributed by atoms with Crippen LogP contribution in [0, 0.1) is 6.92 Å².